The molecule has 0 bridgehead atoms. The Balaban J connectivity index is 1.62. The number of carbonyl (C=O) groups excluding carboxylic acids is 2. The van der Waals surface area contributed by atoms with Gasteiger partial charge in [-0.05, 0) is 41.8 Å². The monoisotopic (exact) mass is 384 g/mol. The standard InChI is InChI=1S/C24H20N2O3/c25-16-19-11-13-21(14-12-19)24(28)29-17-23(27)26-22(20-9-5-2-6-10-20)15-18-7-3-1-4-8-18/h1-14,22H,15,17H2,(H,26,27)/t22-/m1/s1. The summed E-state index contributed by atoms with van der Waals surface area (Å²) in [5.74, 6) is -0.985. The van der Waals surface area contributed by atoms with Crippen LogP contribution in [0.25, 0.3) is 0 Å². The van der Waals surface area contributed by atoms with Crippen LogP contribution in [0.4, 0.5) is 0 Å². The van der Waals surface area contributed by atoms with Gasteiger partial charge in [0.1, 0.15) is 0 Å². The van der Waals surface area contributed by atoms with Crippen LogP contribution in [0.3, 0.4) is 0 Å². The van der Waals surface area contributed by atoms with E-state index < -0.39 is 5.97 Å². The van der Waals surface area contributed by atoms with Gasteiger partial charge in [-0.15, -0.1) is 0 Å². The average molecular weight is 384 g/mol. The molecule has 0 spiro atoms. The molecule has 0 fully saturated rings. The largest absolute Gasteiger partial charge is 0.452 e. The lowest BCUT2D eigenvalue weighted by Crippen LogP contribution is -2.33. The van der Waals surface area contributed by atoms with Crippen molar-refractivity contribution in [2.45, 2.75) is 12.5 Å². The molecule has 5 heteroatoms. The summed E-state index contributed by atoms with van der Waals surface area (Å²) in [5.41, 5.74) is 2.81. The summed E-state index contributed by atoms with van der Waals surface area (Å²) < 4.78 is 5.12. The molecule has 0 aliphatic rings. The van der Waals surface area contributed by atoms with E-state index in [-0.39, 0.29) is 18.6 Å². The summed E-state index contributed by atoms with van der Waals surface area (Å²) in [5, 5.41) is 11.8. The first-order valence-electron chi connectivity index (χ1n) is 9.21. The van der Waals surface area contributed by atoms with Crippen LogP contribution in [0.1, 0.15) is 33.1 Å². The Kier molecular flexibility index (Phi) is 6.75. The molecule has 1 atom stereocenters. The second-order valence-corrected chi connectivity index (χ2v) is 6.49. The third kappa shape index (κ3) is 5.78. The molecule has 0 saturated carbocycles. The molecule has 3 aromatic carbocycles. The van der Waals surface area contributed by atoms with Crippen LogP contribution >= 0.6 is 0 Å². The predicted octanol–water partition coefficient (Wildman–Crippen LogP) is 3.82. The summed E-state index contributed by atoms with van der Waals surface area (Å²) in [6, 6.07) is 27.4. The fourth-order valence-corrected chi connectivity index (χ4v) is 2.92. The first-order chi connectivity index (χ1) is 14.2. The highest BCUT2D eigenvalue weighted by molar-refractivity contribution is 5.91. The molecule has 1 N–H and O–H groups in total. The number of benzene rings is 3. The van der Waals surface area contributed by atoms with Gasteiger partial charge in [0.25, 0.3) is 5.91 Å². The van der Waals surface area contributed by atoms with Crippen molar-refractivity contribution >= 4 is 11.9 Å². The number of hydrogen-bond donors (Lipinski definition) is 1. The first-order valence-corrected chi connectivity index (χ1v) is 9.21. The van der Waals surface area contributed by atoms with Crippen LogP contribution < -0.4 is 5.32 Å². The zero-order valence-electron chi connectivity index (χ0n) is 15.7. The molecule has 144 valence electrons. The lowest BCUT2D eigenvalue weighted by atomic mass is 9.99. The van der Waals surface area contributed by atoms with Crippen molar-refractivity contribution in [2.24, 2.45) is 0 Å². The number of hydrogen-bond acceptors (Lipinski definition) is 4. The molecule has 0 unspecified atom stereocenters. The Morgan fingerprint density at radius 2 is 1.52 bits per heavy atom. The van der Waals surface area contributed by atoms with Crippen molar-refractivity contribution in [2.75, 3.05) is 6.61 Å². The normalized spacial score (nSPS) is 11.1. The Hall–Kier alpha value is -3.91. The SMILES string of the molecule is N#Cc1ccc(C(=O)OCC(=O)N[C@H](Cc2ccccc2)c2ccccc2)cc1. The van der Waals surface area contributed by atoms with Gasteiger partial charge in [-0.3, -0.25) is 4.79 Å². The molecule has 1 amide bonds. The molecule has 0 aliphatic heterocycles. The van der Waals surface area contributed by atoms with Gasteiger partial charge >= 0.3 is 5.97 Å². The highest BCUT2D eigenvalue weighted by Gasteiger charge is 2.17. The lowest BCUT2D eigenvalue weighted by molar-refractivity contribution is -0.125. The van der Waals surface area contributed by atoms with E-state index in [0.717, 1.165) is 11.1 Å². The molecular weight excluding hydrogens is 364 g/mol. The van der Waals surface area contributed by atoms with Gasteiger partial charge in [0.2, 0.25) is 0 Å². The van der Waals surface area contributed by atoms with Crippen LogP contribution in [-0.2, 0) is 16.0 Å². The second-order valence-electron chi connectivity index (χ2n) is 6.49. The van der Waals surface area contributed by atoms with Gasteiger partial charge in [0.05, 0.1) is 23.2 Å². The van der Waals surface area contributed by atoms with Gasteiger partial charge in [-0.25, -0.2) is 4.79 Å². The van der Waals surface area contributed by atoms with Crippen molar-refractivity contribution < 1.29 is 14.3 Å². The quantitative estimate of drug-likeness (QED) is 0.628. The fourth-order valence-electron chi connectivity index (χ4n) is 2.92. The van der Waals surface area contributed by atoms with E-state index >= 15 is 0 Å². The summed E-state index contributed by atoms with van der Waals surface area (Å²) in [4.78, 5) is 24.5. The van der Waals surface area contributed by atoms with Crippen molar-refractivity contribution in [1.82, 2.24) is 5.32 Å². The molecular formula is C24H20N2O3. The van der Waals surface area contributed by atoms with E-state index in [1.54, 1.807) is 0 Å². The summed E-state index contributed by atoms with van der Waals surface area (Å²) in [7, 11) is 0. The fraction of sp³-hybridized carbons (Fsp3) is 0.125. The molecule has 0 aliphatic carbocycles. The van der Waals surface area contributed by atoms with E-state index in [0.29, 0.717) is 17.5 Å². The van der Waals surface area contributed by atoms with Crippen LogP contribution in [0.2, 0.25) is 0 Å². The minimum absolute atomic E-state index is 0.236. The summed E-state index contributed by atoms with van der Waals surface area (Å²) >= 11 is 0. The van der Waals surface area contributed by atoms with Crippen LogP contribution in [0.5, 0.6) is 0 Å². The van der Waals surface area contributed by atoms with E-state index in [1.807, 2.05) is 66.7 Å². The van der Waals surface area contributed by atoms with Gasteiger partial charge in [-0.1, -0.05) is 60.7 Å². The number of ether oxygens (including phenoxy) is 1. The molecule has 3 aromatic rings. The van der Waals surface area contributed by atoms with Gasteiger partial charge in [0, 0.05) is 0 Å². The number of amides is 1. The number of rotatable bonds is 7. The summed E-state index contributed by atoms with van der Waals surface area (Å²) in [6.07, 6.45) is 0.625. The molecule has 0 saturated heterocycles. The zero-order valence-corrected chi connectivity index (χ0v) is 15.7. The summed E-state index contributed by atoms with van der Waals surface area (Å²) in [6.45, 7) is -0.378. The maximum absolute atomic E-state index is 12.4. The molecule has 3 rings (SSSR count). The third-order valence-electron chi connectivity index (χ3n) is 4.40. The van der Waals surface area contributed by atoms with E-state index in [4.69, 9.17) is 10.00 Å². The Morgan fingerprint density at radius 3 is 2.14 bits per heavy atom. The molecule has 0 aromatic heterocycles. The maximum Gasteiger partial charge on any atom is 0.338 e. The highest BCUT2D eigenvalue weighted by Crippen LogP contribution is 2.18. The van der Waals surface area contributed by atoms with Crippen LogP contribution in [0, 0.1) is 11.3 Å². The smallest absolute Gasteiger partial charge is 0.338 e. The number of esters is 1. The van der Waals surface area contributed by atoms with E-state index in [1.165, 1.54) is 24.3 Å². The minimum Gasteiger partial charge on any atom is -0.452 e. The zero-order chi connectivity index (χ0) is 20.5. The topological polar surface area (TPSA) is 79.2 Å². The predicted molar refractivity (Wildman–Crippen MR) is 109 cm³/mol. The average Bonchev–Trinajstić information content (AvgIpc) is 2.78. The van der Waals surface area contributed by atoms with Crippen molar-refractivity contribution in [1.29, 1.82) is 5.26 Å². The maximum atomic E-state index is 12.4. The third-order valence-corrected chi connectivity index (χ3v) is 4.40. The van der Waals surface area contributed by atoms with E-state index in [2.05, 4.69) is 5.32 Å². The minimum atomic E-state index is -0.607. The molecule has 29 heavy (non-hydrogen) atoms. The van der Waals surface area contributed by atoms with Crippen molar-refractivity contribution in [3.8, 4) is 6.07 Å². The molecule has 0 heterocycles. The number of nitrogens with zero attached hydrogens (tertiary/aromatic N) is 1. The Morgan fingerprint density at radius 1 is 0.897 bits per heavy atom. The lowest BCUT2D eigenvalue weighted by Gasteiger charge is -2.19. The van der Waals surface area contributed by atoms with Crippen molar-refractivity contribution in [3.05, 3.63) is 107 Å². The Labute approximate surface area is 169 Å². The first kappa shape index (κ1) is 19.8. The number of nitrogens with one attached hydrogen (secondary N) is 1. The van der Waals surface area contributed by atoms with Crippen LogP contribution in [-0.4, -0.2) is 18.5 Å². The van der Waals surface area contributed by atoms with Crippen LogP contribution in [0.15, 0.2) is 84.9 Å². The Bertz CT molecular complexity index is 994. The second kappa shape index (κ2) is 9.86. The van der Waals surface area contributed by atoms with Gasteiger partial charge in [-0.2, -0.15) is 5.26 Å². The molecule has 5 nitrogen and oxygen atoms in total. The highest BCUT2D eigenvalue weighted by atomic mass is 16.5. The van der Waals surface area contributed by atoms with Gasteiger partial charge < -0.3 is 10.1 Å². The van der Waals surface area contributed by atoms with E-state index in [9.17, 15) is 9.59 Å². The molecule has 0 radical (unpaired) electrons. The van der Waals surface area contributed by atoms with Gasteiger partial charge in [0.15, 0.2) is 6.61 Å². The van der Waals surface area contributed by atoms with Crippen molar-refractivity contribution in [3.63, 3.8) is 0 Å². The number of nitriles is 1. The number of carbonyl (C=O) groups is 2.